The number of thioether (sulfide) groups is 1. The van der Waals surface area contributed by atoms with Gasteiger partial charge < -0.3 is 10.2 Å². The molecular weight excluding hydrogens is 411 g/mol. The molecule has 4 nitrogen and oxygen atoms in total. The zero-order valence-corrected chi connectivity index (χ0v) is 19.7. The Balaban J connectivity index is 2.08. The summed E-state index contributed by atoms with van der Waals surface area (Å²) in [7, 11) is 0. The molecule has 0 bridgehead atoms. The summed E-state index contributed by atoms with van der Waals surface area (Å²) < 4.78 is 13.3. The van der Waals surface area contributed by atoms with Crippen LogP contribution < -0.4 is 5.32 Å². The van der Waals surface area contributed by atoms with E-state index in [0.717, 1.165) is 11.3 Å². The molecule has 2 rings (SSSR count). The van der Waals surface area contributed by atoms with Crippen molar-refractivity contribution in [3.05, 3.63) is 71.5 Å². The van der Waals surface area contributed by atoms with Crippen LogP contribution in [0.5, 0.6) is 0 Å². The molecule has 0 heterocycles. The minimum atomic E-state index is -0.573. The molecule has 0 fully saturated rings. The second-order valence-corrected chi connectivity index (χ2v) is 9.70. The monoisotopic (exact) mass is 444 g/mol. The van der Waals surface area contributed by atoms with Gasteiger partial charge in [0.05, 0.1) is 0 Å². The molecular formula is C25H33FN2O2S. The molecule has 0 unspecified atom stereocenters. The Morgan fingerprint density at radius 1 is 1.03 bits per heavy atom. The van der Waals surface area contributed by atoms with E-state index in [1.807, 2.05) is 45.9 Å². The van der Waals surface area contributed by atoms with Gasteiger partial charge in [0.1, 0.15) is 11.9 Å². The van der Waals surface area contributed by atoms with E-state index in [1.165, 1.54) is 17.7 Å². The largest absolute Gasteiger partial charge is 0.350 e. The molecule has 2 amide bonds. The number of halogens is 1. The number of carbonyl (C=O) groups excluding carboxylic acids is 2. The van der Waals surface area contributed by atoms with Gasteiger partial charge in [-0.1, -0.05) is 49.4 Å². The maximum absolute atomic E-state index is 13.3. The van der Waals surface area contributed by atoms with Crippen molar-refractivity contribution in [2.45, 2.75) is 64.4 Å². The topological polar surface area (TPSA) is 49.4 Å². The number of nitrogens with zero attached hydrogens (tertiary/aromatic N) is 1. The molecule has 0 saturated heterocycles. The van der Waals surface area contributed by atoms with Gasteiger partial charge in [0.15, 0.2) is 0 Å². The van der Waals surface area contributed by atoms with E-state index in [0.29, 0.717) is 18.6 Å². The molecule has 168 valence electrons. The number of amides is 2. The highest BCUT2D eigenvalue weighted by Crippen LogP contribution is 2.18. The summed E-state index contributed by atoms with van der Waals surface area (Å²) in [5, 5.41) is 2.99. The van der Waals surface area contributed by atoms with E-state index in [-0.39, 0.29) is 29.7 Å². The first-order chi connectivity index (χ1) is 14.7. The van der Waals surface area contributed by atoms with Crippen LogP contribution in [-0.4, -0.2) is 34.0 Å². The molecule has 0 aromatic heterocycles. The Labute approximate surface area is 189 Å². The summed E-state index contributed by atoms with van der Waals surface area (Å²) in [6.07, 6.45) is 0.851. The zero-order chi connectivity index (χ0) is 22.9. The Morgan fingerprint density at radius 2 is 1.68 bits per heavy atom. The van der Waals surface area contributed by atoms with Crippen LogP contribution in [0.15, 0.2) is 54.6 Å². The highest BCUT2D eigenvalue weighted by Gasteiger charge is 2.30. The van der Waals surface area contributed by atoms with Gasteiger partial charge in [-0.05, 0) is 50.5 Å². The van der Waals surface area contributed by atoms with Crippen molar-refractivity contribution >= 4 is 23.6 Å². The number of benzene rings is 2. The standard InChI is InChI=1S/C25H33FN2O2S/c1-5-22(24(30)27-25(2,3)4)28(17-19-11-13-21(26)14-12-19)23(29)15-16-31-18-20-9-7-6-8-10-20/h6-14,22H,5,15-18H2,1-4H3,(H,27,30)/t22-/m0/s1. The van der Waals surface area contributed by atoms with Gasteiger partial charge in [0, 0.05) is 30.0 Å². The van der Waals surface area contributed by atoms with Crippen LogP contribution in [0.2, 0.25) is 0 Å². The lowest BCUT2D eigenvalue weighted by Gasteiger charge is -2.33. The van der Waals surface area contributed by atoms with Crippen LogP contribution in [0.25, 0.3) is 0 Å². The van der Waals surface area contributed by atoms with E-state index in [2.05, 4.69) is 17.4 Å². The first kappa shape index (κ1) is 24.9. The van der Waals surface area contributed by atoms with E-state index in [4.69, 9.17) is 0 Å². The average Bonchev–Trinajstić information content (AvgIpc) is 2.72. The smallest absolute Gasteiger partial charge is 0.243 e. The molecule has 31 heavy (non-hydrogen) atoms. The third kappa shape index (κ3) is 8.74. The predicted molar refractivity (Wildman–Crippen MR) is 126 cm³/mol. The molecule has 6 heteroatoms. The SMILES string of the molecule is CC[C@@H](C(=O)NC(C)(C)C)N(Cc1ccc(F)cc1)C(=O)CCSCc1ccccc1. The number of nitrogens with one attached hydrogen (secondary N) is 1. The van der Waals surface area contributed by atoms with Gasteiger partial charge in [0.25, 0.3) is 0 Å². The molecule has 0 spiro atoms. The highest BCUT2D eigenvalue weighted by molar-refractivity contribution is 7.98. The Hall–Kier alpha value is -2.34. The Kier molecular flexibility index (Phi) is 9.56. The first-order valence-electron chi connectivity index (χ1n) is 10.7. The summed E-state index contributed by atoms with van der Waals surface area (Å²) in [5.41, 5.74) is 1.63. The third-order valence-electron chi connectivity index (χ3n) is 4.72. The predicted octanol–water partition coefficient (Wildman–Crippen LogP) is 5.17. The number of hydrogen-bond donors (Lipinski definition) is 1. The Morgan fingerprint density at radius 3 is 2.26 bits per heavy atom. The van der Waals surface area contributed by atoms with Crippen LogP contribution >= 0.6 is 11.8 Å². The summed E-state index contributed by atoms with van der Waals surface area (Å²) in [5.74, 6) is 0.957. The molecule has 1 N–H and O–H groups in total. The normalized spacial score (nSPS) is 12.3. The van der Waals surface area contributed by atoms with Crippen molar-refractivity contribution in [2.75, 3.05) is 5.75 Å². The first-order valence-corrected chi connectivity index (χ1v) is 11.8. The van der Waals surface area contributed by atoms with E-state index < -0.39 is 6.04 Å². The van der Waals surface area contributed by atoms with Crippen LogP contribution in [-0.2, 0) is 21.9 Å². The molecule has 1 atom stereocenters. The van der Waals surface area contributed by atoms with E-state index in [1.54, 1.807) is 28.8 Å². The molecule has 0 aliphatic rings. The molecule has 0 aliphatic heterocycles. The van der Waals surface area contributed by atoms with Crippen LogP contribution in [0.1, 0.15) is 51.7 Å². The van der Waals surface area contributed by atoms with Gasteiger partial charge >= 0.3 is 0 Å². The van der Waals surface area contributed by atoms with Gasteiger partial charge in [-0.15, -0.1) is 0 Å². The van der Waals surface area contributed by atoms with Crippen molar-refractivity contribution in [2.24, 2.45) is 0 Å². The van der Waals surface area contributed by atoms with Crippen molar-refractivity contribution in [3.8, 4) is 0 Å². The summed E-state index contributed by atoms with van der Waals surface area (Å²) in [4.78, 5) is 27.7. The highest BCUT2D eigenvalue weighted by atomic mass is 32.2. The molecule has 0 radical (unpaired) electrons. The van der Waals surface area contributed by atoms with Crippen LogP contribution in [0.4, 0.5) is 4.39 Å². The second kappa shape index (κ2) is 11.9. The summed E-state index contributed by atoms with van der Waals surface area (Å²) in [6, 6.07) is 15.6. The molecule has 0 saturated carbocycles. The molecule has 2 aromatic rings. The summed E-state index contributed by atoms with van der Waals surface area (Å²) >= 11 is 1.70. The van der Waals surface area contributed by atoms with Gasteiger partial charge in [-0.2, -0.15) is 11.8 Å². The molecule has 2 aromatic carbocycles. The quantitative estimate of drug-likeness (QED) is 0.514. The maximum Gasteiger partial charge on any atom is 0.243 e. The van der Waals surface area contributed by atoms with Crippen molar-refractivity contribution in [1.29, 1.82) is 0 Å². The lowest BCUT2D eigenvalue weighted by molar-refractivity contribution is -0.141. The number of carbonyl (C=O) groups is 2. The minimum absolute atomic E-state index is 0.0687. The number of rotatable bonds is 10. The lowest BCUT2D eigenvalue weighted by atomic mass is 10.1. The van der Waals surface area contributed by atoms with Gasteiger partial charge in [-0.25, -0.2) is 4.39 Å². The van der Waals surface area contributed by atoms with Crippen molar-refractivity contribution < 1.29 is 14.0 Å². The fourth-order valence-corrected chi connectivity index (χ4v) is 4.12. The van der Waals surface area contributed by atoms with Gasteiger partial charge in [-0.3, -0.25) is 9.59 Å². The Bertz CT molecular complexity index is 835. The lowest BCUT2D eigenvalue weighted by Crippen LogP contribution is -2.53. The molecule has 0 aliphatic carbocycles. The van der Waals surface area contributed by atoms with Crippen LogP contribution in [0, 0.1) is 5.82 Å². The maximum atomic E-state index is 13.3. The number of hydrogen-bond acceptors (Lipinski definition) is 3. The van der Waals surface area contributed by atoms with E-state index in [9.17, 15) is 14.0 Å². The fraction of sp³-hybridized carbons (Fsp3) is 0.440. The van der Waals surface area contributed by atoms with E-state index >= 15 is 0 Å². The average molecular weight is 445 g/mol. The fourth-order valence-electron chi connectivity index (χ4n) is 3.23. The van der Waals surface area contributed by atoms with Crippen molar-refractivity contribution in [1.82, 2.24) is 10.2 Å². The third-order valence-corrected chi connectivity index (χ3v) is 5.75. The van der Waals surface area contributed by atoms with Gasteiger partial charge in [0.2, 0.25) is 11.8 Å². The van der Waals surface area contributed by atoms with Crippen LogP contribution in [0.3, 0.4) is 0 Å². The van der Waals surface area contributed by atoms with Crippen molar-refractivity contribution in [3.63, 3.8) is 0 Å². The second-order valence-electron chi connectivity index (χ2n) is 8.60. The minimum Gasteiger partial charge on any atom is -0.350 e. The zero-order valence-electron chi connectivity index (χ0n) is 18.9. The summed E-state index contributed by atoms with van der Waals surface area (Å²) in [6.45, 7) is 7.94.